The molecule has 1 amide bonds. The first-order chi connectivity index (χ1) is 15.5. The Bertz CT molecular complexity index is 1290. The van der Waals surface area contributed by atoms with Crippen LogP contribution in [-0.2, 0) is 0 Å². The molecule has 1 N–H and O–H groups in total. The van der Waals surface area contributed by atoms with Crippen molar-refractivity contribution in [3.8, 4) is 11.3 Å². The molecule has 0 bridgehead atoms. The number of carbonyl (C=O) groups excluding carboxylic acids is 2. The van der Waals surface area contributed by atoms with Crippen LogP contribution in [0.3, 0.4) is 0 Å². The number of amides is 1. The first kappa shape index (κ1) is 21.6. The molecule has 3 aromatic carbocycles. The maximum absolute atomic E-state index is 12.5. The smallest absolute Gasteiger partial charge is 0.255 e. The van der Waals surface area contributed by atoms with Crippen LogP contribution in [0, 0.1) is 0 Å². The molecule has 0 radical (unpaired) electrons. The molecular formula is C26H17Cl2NO3. The van der Waals surface area contributed by atoms with E-state index in [1.54, 1.807) is 78.9 Å². The lowest BCUT2D eigenvalue weighted by atomic mass is 10.1. The Morgan fingerprint density at radius 1 is 0.781 bits per heavy atom. The average Bonchev–Trinajstić information content (AvgIpc) is 3.29. The Hall–Kier alpha value is -3.60. The summed E-state index contributed by atoms with van der Waals surface area (Å²) in [6, 6.07) is 24.4. The zero-order valence-corrected chi connectivity index (χ0v) is 18.2. The van der Waals surface area contributed by atoms with Crippen LogP contribution in [0.25, 0.3) is 17.4 Å². The first-order valence-electron chi connectivity index (χ1n) is 9.74. The summed E-state index contributed by atoms with van der Waals surface area (Å²) in [5, 5.41) is 3.72. The van der Waals surface area contributed by atoms with Gasteiger partial charge in [0.1, 0.15) is 11.5 Å². The normalized spacial score (nSPS) is 10.9. The van der Waals surface area contributed by atoms with E-state index in [0.29, 0.717) is 38.4 Å². The number of halogens is 2. The summed E-state index contributed by atoms with van der Waals surface area (Å²) < 4.78 is 5.77. The molecule has 1 heterocycles. The summed E-state index contributed by atoms with van der Waals surface area (Å²) >= 11 is 12.0. The lowest BCUT2D eigenvalue weighted by Crippen LogP contribution is -2.11. The fourth-order valence-electron chi connectivity index (χ4n) is 3.01. The minimum absolute atomic E-state index is 0.182. The number of nitrogens with one attached hydrogen (secondary N) is 1. The molecule has 1 aromatic heterocycles. The zero-order chi connectivity index (χ0) is 22.5. The van der Waals surface area contributed by atoms with Crippen LogP contribution in [-0.4, -0.2) is 11.7 Å². The molecule has 0 aliphatic heterocycles. The summed E-state index contributed by atoms with van der Waals surface area (Å²) in [4.78, 5) is 24.7. The average molecular weight is 462 g/mol. The van der Waals surface area contributed by atoms with Gasteiger partial charge in [0.05, 0.1) is 10.0 Å². The minimum Gasteiger partial charge on any atom is -0.457 e. The van der Waals surface area contributed by atoms with E-state index in [1.165, 1.54) is 6.08 Å². The Balaban J connectivity index is 1.40. The molecule has 0 spiro atoms. The van der Waals surface area contributed by atoms with Crippen molar-refractivity contribution in [1.29, 1.82) is 0 Å². The number of hydrogen-bond donors (Lipinski definition) is 1. The number of furan rings is 1. The van der Waals surface area contributed by atoms with Gasteiger partial charge in [-0.2, -0.15) is 0 Å². The van der Waals surface area contributed by atoms with E-state index >= 15 is 0 Å². The molecule has 0 unspecified atom stereocenters. The van der Waals surface area contributed by atoms with Gasteiger partial charge in [-0.05, 0) is 78.9 Å². The molecule has 0 aliphatic rings. The quantitative estimate of drug-likeness (QED) is 0.240. The zero-order valence-electron chi connectivity index (χ0n) is 16.7. The Kier molecular flexibility index (Phi) is 6.55. The van der Waals surface area contributed by atoms with Gasteiger partial charge >= 0.3 is 0 Å². The van der Waals surface area contributed by atoms with Crippen molar-refractivity contribution in [3.63, 3.8) is 0 Å². The summed E-state index contributed by atoms with van der Waals surface area (Å²) in [5.74, 6) is 0.763. The van der Waals surface area contributed by atoms with Crippen LogP contribution in [0.15, 0.2) is 95.4 Å². The monoisotopic (exact) mass is 461 g/mol. The number of hydrogen-bond acceptors (Lipinski definition) is 3. The second kappa shape index (κ2) is 9.69. The Morgan fingerprint density at radius 2 is 1.53 bits per heavy atom. The summed E-state index contributed by atoms with van der Waals surface area (Å²) in [6.45, 7) is 0. The van der Waals surface area contributed by atoms with E-state index in [9.17, 15) is 9.59 Å². The van der Waals surface area contributed by atoms with Crippen LogP contribution in [0.1, 0.15) is 26.5 Å². The topological polar surface area (TPSA) is 59.3 Å². The van der Waals surface area contributed by atoms with Crippen molar-refractivity contribution in [1.82, 2.24) is 0 Å². The molecule has 0 fully saturated rings. The van der Waals surface area contributed by atoms with E-state index in [4.69, 9.17) is 27.6 Å². The van der Waals surface area contributed by atoms with Crippen molar-refractivity contribution in [2.75, 3.05) is 5.32 Å². The molecule has 4 rings (SSSR count). The van der Waals surface area contributed by atoms with Crippen molar-refractivity contribution < 1.29 is 14.0 Å². The van der Waals surface area contributed by atoms with Gasteiger partial charge in [-0.25, -0.2) is 0 Å². The van der Waals surface area contributed by atoms with Crippen molar-refractivity contribution >= 4 is 46.7 Å². The molecule has 0 atom stereocenters. The van der Waals surface area contributed by atoms with Crippen LogP contribution in [0.2, 0.25) is 10.0 Å². The van der Waals surface area contributed by atoms with Gasteiger partial charge in [0, 0.05) is 22.4 Å². The fourth-order valence-corrected chi connectivity index (χ4v) is 3.31. The SMILES string of the molecule is O=C(C=Cc1ccc(-c2ccc(Cl)c(Cl)c2)o1)c1ccc(NC(=O)c2ccccc2)cc1. The van der Waals surface area contributed by atoms with Crippen molar-refractivity contribution in [2.24, 2.45) is 0 Å². The molecule has 0 saturated heterocycles. The molecular weight excluding hydrogens is 445 g/mol. The lowest BCUT2D eigenvalue weighted by molar-refractivity contribution is 0.102. The van der Waals surface area contributed by atoms with Gasteiger partial charge in [-0.1, -0.05) is 41.4 Å². The first-order valence-corrected chi connectivity index (χ1v) is 10.5. The highest BCUT2D eigenvalue weighted by atomic mass is 35.5. The number of ketones is 1. The second-order valence-corrected chi connectivity index (χ2v) is 7.74. The van der Waals surface area contributed by atoms with Crippen LogP contribution >= 0.6 is 23.2 Å². The Labute approximate surface area is 195 Å². The summed E-state index contributed by atoms with van der Waals surface area (Å²) in [5.41, 5.74) is 2.46. The number of carbonyl (C=O) groups is 2. The molecule has 6 heteroatoms. The largest absolute Gasteiger partial charge is 0.457 e. The maximum Gasteiger partial charge on any atom is 0.255 e. The Morgan fingerprint density at radius 3 is 2.25 bits per heavy atom. The third-order valence-corrected chi connectivity index (χ3v) is 5.43. The lowest BCUT2D eigenvalue weighted by Gasteiger charge is -2.05. The predicted molar refractivity (Wildman–Crippen MR) is 128 cm³/mol. The molecule has 4 aromatic rings. The van der Waals surface area contributed by atoms with E-state index in [0.717, 1.165) is 5.56 Å². The maximum atomic E-state index is 12.5. The van der Waals surface area contributed by atoms with Gasteiger partial charge in [-0.15, -0.1) is 0 Å². The summed E-state index contributed by atoms with van der Waals surface area (Å²) in [6.07, 6.45) is 3.05. The fraction of sp³-hybridized carbons (Fsp3) is 0. The molecule has 158 valence electrons. The highest BCUT2D eigenvalue weighted by Crippen LogP contribution is 2.29. The van der Waals surface area contributed by atoms with Crippen LogP contribution in [0.5, 0.6) is 0 Å². The van der Waals surface area contributed by atoms with Gasteiger partial charge in [0.2, 0.25) is 0 Å². The number of benzene rings is 3. The van der Waals surface area contributed by atoms with Crippen molar-refractivity contribution in [3.05, 3.63) is 118 Å². The standard InChI is InChI=1S/C26H17Cl2NO3/c27-22-13-8-19(16-23(22)28)25-15-12-21(32-25)11-14-24(30)17-6-9-20(10-7-17)29-26(31)18-4-2-1-3-5-18/h1-16H,(H,29,31). The highest BCUT2D eigenvalue weighted by molar-refractivity contribution is 6.42. The molecule has 0 aliphatic carbocycles. The highest BCUT2D eigenvalue weighted by Gasteiger charge is 2.08. The predicted octanol–water partition coefficient (Wildman–Crippen LogP) is 7.40. The number of anilines is 1. The van der Waals surface area contributed by atoms with Gasteiger partial charge < -0.3 is 9.73 Å². The van der Waals surface area contributed by atoms with Gasteiger partial charge in [-0.3, -0.25) is 9.59 Å². The number of rotatable bonds is 6. The molecule has 32 heavy (non-hydrogen) atoms. The van der Waals surface area contributed by atoms with Crippen molar-refractivity contribution in [2.45, 2.75) is 0 Å². The molecule has 4 nitrogen and oxygen atoms in total. The molecule has 0 saturated carbocycles. The van der Waals surface area contributed by atoms with Gasteiger partial charge in [0.25, 0.3) is 5.91 Å². The number of allylic oxidation sites excluding steroid dienone is 1. The third kappa shape index (κ3) is 5.17. The van der Waals surface area contributed by atoms with E-state index < -0.39 is 0 Å². The van der Waals surface area contributed by atoms with E-state index in [1.807, 2.05) is 12.1 Å². The minimum atomic E-state index is -0.208. The second-order valence-electron chi connectivity index (χ2n) is 6.93. The van der Waals surface area contributed by atoms with Crippen LogP contribution in [0.4, 0.5) is 5.69 Å². The van der Waals surface area contributed by atoms with Crippen LogP contribution < -0.4 is 5.32 Å². The van der Waals surface area contributed by atoms with Gasteiger partial charge in [0.15, 0.2) is 5.78 Å². The summed E-state index contributed by atoms with van der Waals surface area (Å²) in [7, 11) is 0. The van der Waals surface area contributed by atoms with E-state index in [2.05, 4.69) is 5.32 Å². The van der Waals surface area contributed by atoms with E-state index in [-0.39, 0.29) is 11.7 Å². The third-order valence-electron chi connectivity index (χ3n) is 4.69.